The molecule has 0 aliphatic rings. The van der Waals surface area contributed by atoms with Gasteiger partial charge in [-0.05, 0) is 25.0 Å². The molecule has 4 nitrogen and oxygen atoms in total. The van der Waals surface area contributed by atoms with Crippen LogP contribution in [0.15, 0.2) is 24.3 Å². The van der Waals surface area contributed by atoms with E-state index in [-0.39, 0.29) is 11.1 Å². The molecule has 0 saturated heterocycles. The molecule has 0 N–H and O–H groups in total. The highest BCUT2D eigenvalue weighted by molar-refractivity contribution is 6.03. The zero-order valence-corrected chi connectivity index (χ0v) is 15.6. The van der Waals surface area contributed by atoms with E-state index in [2.05, 4.69) is 13.8 Å². The van der Waals surface area contributed by atoms with Crippen LogP contribution in [0.25, 0.3) is 0 Å². The van der Waals surface area contributed by atoms with Gasteiger partial charge in [-0.2, -0.15) is 0 Å². The Kier molecular flexibility index (Phi) is 13.6. The molecule has 0 aliphatic carbocycles. The Balaban J connectivity index is 0.00000118. The number of carbonyl (C=O) groups is 2. The summed E-state index contributed by atoms with van der Waals surface area (Å²) >= 11 is 0. The van der Waals surface area contributed by atoms with Gasteiger partial charge in [0.05, 0.1) is 24.3 Å². The van der Waals surface area contributed by atoms with Crippen LogP contribution >= 0.6 is 0 Å². The van der Waals surface area contributed by atoms with Crippen LogP contribution in [-0.2, 0) is 9.47 Å². The molecular weight excluding hydrogens is 304 g/mol. The maximum atomic E-state index is 11.9. The van der Waals surface area contributed by atoms with Crippen molar-refractivity contribution in [3.63, 3.8) is 0 Å². The van der Waals surface area contributed by atoms with Gasteiger partial charge < -0.3 is 9.47 Å². The first kappa shape index (κ1) is 22.2. The Labute approximate surface area is 146 Å². The minimum atomic E-state index is -0.471. The highest BCUT2D eigenvalue weighted by atomic mass is 16.5. The molecule has 0 aromatic heterocycles. The number of esters is 2. The van der Waals surface area contributed by atoms with Crippen molar-refractivity contribution in [2.45, 2.75) is 66.2 Å². The first-order chi connectivity index (χ1) is 11.6. The van der Waals surface area contributed by atoms with E-state index in [0.717, 1.165) is 25.7 Å². The molecule has 0 spiro atoms. The molecule has 0 unspecified atom stereocenters. The molecule has 0 fully saturated rings. The molecule has 0 heterocycles. The molecule has 0 radical (unpaired) electrons. The van der Waals surface area contributed by atoms with E-state index in [9.17, 15) is 9.59 Å². The van der Waals surface area contributed by atoms with Crippen molar-refractivity contribution in [1.29, 1.82) is 0 Å². The van der Waals surface area contributed by atoms with Gasteiger partial charge in [0, 0.05) is 0 Å². The zero-order valence-electron chi connectivity index (χ0n) is 15.6. The highest BCUT2D eigenvalue weighted by Crippen LogP contribution is 2.12. The fourth-order valence-electron chi connectivity index (χ4n) is 1.61. The fraction of sp³-hybridized carbons (Fsp3) is 0.600. The fourth-order valence-corrected chi connectivity index (χ4v) is 1.61. The van der Waals surface area contributed by atoms with Crippen LogP contribution < -0.4 is 0 Å². The Bertz CT molecular complexity index is 425. The van der Waals surface area contributed by atoms with Gasteiger partial charge in [0.1, 0.15) is 0 Å². The first-order valence-corrected chi connectivity index (χ1v) is 9.05. The standard InChI is InChI=1S/C16H22O4.C4H10/c1-3-5-11-19-15(17)13-9-7-8-10-14(13)16(18)20-12-6-4-2;1-3-4-2/h7-10H,3-6,11-12H2,1-2H3;3-4H2,1-2H3. The van der Waals surface area contributed by atoms with Crippen molar-refractivity contribution in [2.24, 2.45) is 0 Å². The Morgan fingerprint density at radius 1 is 0.708 bits per heavy atom. The maximum Gasteiger partial charge on any atom is 0.339 e. The molecule has 1 aromatic rings. The number of benzene rings is 1. The molecule has 136 valence electrons. The third-order valence-corrected chi connectivity index (χ3v) is 3.33. The van der Waals surface area contributed by atoms with E-state index in [1.807, 2.05) is 13.8 Å². The lowest BCUT2D eigenvalue weighted by Crippen LogP contribution is -2.14. The summed E-state index contributed by atoms with van der Waals surface area (Å²) < 4.78 is 10.3. The monoisotopic (exact) mass is 336 g/mol. The van der Waals surface area contributed by atoms with E-state index < -0.39 is 11.9 Å². The third kappa shape index (κ3) is 9.33. The molecular formula is C20H32O4. The second-order valence-electron chi connectivity index (χ2n) is 5.52. The van der Waals surface area contributed by atoms with Gasteiger partial charge in [-0.1, -0.05) is 65.5 Å². The molecule has 4 heteroatoms. The summed E-state index contributed by atoms with van der Waals surface area (Å²) in [6, 6.07) is 6.59. The lowest BCUT2D eigenvalue weighted by molar-refractivity contribution is 0.0452. The number of carbonyl (C=O) groups excluding carboxylic acids is 2. The Hall–Kier alpha value is -1.84. The van der Waals surface area contributed by atoms with Crippen LogP contribution in [0.3, 0.4) is 0 Å². The van der Waals surface area contributed by atoms with Crippen molar-refractivity contribution >= 4 is 11.9 Å². The smallest absolute Gasteiger partial charge is 0.339 e. The van der Waals surface area contributed by atoms with E-state index in [1.54, 1.807) is 24.3 Å². The lowest BCUT2D eigenvalue weighted by Gasteiger charge is -2.09. The van der Waals surface area contributed by atoms with Crippen molar-refractivity contribution in [1.82, 2.24) is 0 Å². The summed E-state index contributed by atoms with van der Waals surface area (Å²) in [5.74, 6) is -0.942. The van der Waals surface area contributed by atoms with Crippen molar-refractivity contribution in [3.05, 3.63) is 35.4 Å². The molecule has 0 saturated carbocycles. The molecule has 1 aromatic carbocycles. The maximum absolute atomic E-state index is 11.9. The molecule has 0 atom stereocenters. The minimum Gasteiger partial charge on any atom is -0.462 e. The normalized spacial score (nSPS) is 9.67. The van der Waals surface area contributed by atoms with E-state index in [0.29, 0.717) is 13.2 Å². The Morgan fingerprint density at radius 3 is 1.38 bits per heavy atom. The van der Waals surface area contributed by atoms with Crippen LogP contribution in [0.2, 0.25) is 0 Å². The quantitative estimate of drug-likeness (QED) is 0.447. The lowest BCUT2D eigenvalue weighted by atomic mass is 10.1. The predicted molar refractivity (Wildman–Crippen MR) is 97.4 cm³/mol. The van der Waals surface area contributed by atoms with Gasteiger partial charge >= 0.3 is 11.9 Å². The van der Waals surface area contributed by atoms with Crippen LogP contribution in [0, 0.1) is 0 Å². The van der Waals surface area contributed by atoms with E-state index in [1.165, 1.54) is 12.8 Å². The number of ether oxygens (including phenoxy) is 2. The third-order valence-electron chi connectivity index (χ3n) is 3.33. The average Bonchev–Trinajstić information content (AvgIpc) is 2.62. The van der Waals surface area contributed by atoms with Gasteiger partial charge in [0.2, 0.25) is 0 Å². The summed E-state index contributed by atoms with van der Waals surface area (Å²) in [6.45, 7) is 9.14. The summed E-state index contributed by atoms with van der Waals surface area (Å²) in [6.07, 6.45) is 6.17. The number of rotatable bonds is 9. The van der Waals surface area contributed by atoms with Crippen molar-refractivity contribution < 1.29 is 19.1 Å². The molecule has 1 rings (SSSR count). The topological polar surface area (TPSA) is 52.6 Å². The molecule has 0 aliphatic heterocycles. The number of hydrogen-bond acceptors (Lipinski definition) is 4. The molecule has 24 heavy (non-hydrogen) atoms. The van der Waals surface area contributed by atoms with Crippen LogP contribution in [0.5, 0.6) is 0 Å². The number of unbranched alkanes of at least 4 members (excludes halogenated alkanes) is 3. The van der Waals surface area contributed by atoms with Gasteiger partial charge in [-0.15, -0.1) is 0 Å². The van der Waals surface area contributed by atoms with Crippen molar-refractivity contribution in [3.8, 4) is 0 Å². The minimum absolute atomic E-state index is 0.269. The van der Waals surface area contributed by atoms with Gasteiger partial charge in [-0.25, -0.2) is 9.59 Å². The van der Waals surface area contributed by atoms with E-state index in [4.69, 9.17) is 9.47 Å². The van der Waals surface area contributed by atoms with E-state index >= 15 is 0 Å². The summed E-state index contributed by atoms with van der Waals surface area (Å²) in [5, 5.41) is 0. The second kappa shape index (κ2) is 14.7. The Morgan fingerprint density at radius 2 is 1.08 bits per heavy atom. The number of hydrogen-bond donors (Lipinski definition) is 0. The average molecular weight is 336 g/mol. The zero-order chi connectivity index (χ0) is 18.2. The van der Waals surface area contributed by atoms with Crippen molar-refractivity contribution in [2.75, 3.05) is 13.2 Å². The highest BCUT2D eigenvalue weighted by Gasteiger charge is 2.18. The van der Waals surface area contributed by atoms with Gasteiger partial charge in [0.25, 0.3) is 0 Å². The van der Waals surface area contributed by atoms with Gasteiger partial charge in [0.15, 0.2) is 0 Å². The molecule has 0 bridgehead atoms. The van der Waals surface area contributed by atoms with Crippen LogP contribution in [0.4, 0.5) is 0 Å². The van der Waals surface area contributed by atoms with Crippen LogP contribution in [-0.4, -0.2) is 25.2 Å². The van der Waals surface area contributed by atoms with Gasteiger partial charge in [-0.3, -0.25) is 0 Å². The first-order valence-electron chi connectivity index (χ1n) is 9.05. The summed E-state index contributed by atoms with van der Waals surface area (Å²) in [4.78, 5) is 23.9. The largest absolute Gasteiger partial charge is 0.462 e. The van der Waals surface area contributed by atoms with Crippen LogP contribution in [0.1, 0.15) is 86.9 Å². The SMILES string of the molecule is CCCC.CCCCOC(=O)c1ccccc1C(=O)OCCCC. The predicted octanol–water partition coefficient (Wildman–Crippen LogP) is 5.41. The second-order valence-corrected chi connectivity index (χ2v) is 5.52. The molecule has 0 amide bonds. The summed E-state index contributed by atoms with van der Waals surface area (Å²) in [5.41, 5.74) is 0.537. The summed E-state index contributed by atoms with van der Waals surface area (Å²) in [7, 11) is 0.